The van der Waals surface area contributed by atoms with Crippen molar-refractivity contribution in [3.05, 3.63) is 0 Å². The van der Waals surface area contributed by atoms with Crippen molar-refractivity contribution in [3.8, 4) is 0 Å². The predicted molar refractivity (Wildman–Crippen MR) is 37.8 cm³/mol. The van der Waals surface area contributed by atoms with Gasteiger partial charge in [0.05, 0.1) is 0 Å². The van der Waals surface area contributed by atoms with Crippen LogP contribution < -0.4 is 17.2 Å². The van der Waals surface area contributed by atoms with Gasteiger partial charge in [0.15, 0.2) is 0 Å². The van der Waals surface area contributed by atoms with Gasteiger partial charge in [-0.1, -0.05) is 0 Å². The highest BCUT2D eigenvalue weighted by Gasteiger charge is 0.840. The van der Waals surface area contributed by atoms with Crippen LogP contribution in [-0.2, 0) is 0 Å². The second-order valence-corrected chi connectivity index (χ2v) is 0. The molecular formula is C3H18F3N3. The highest BCUT2D eigenvalue weighted by molar-refractivity contribution is 3.54. The molecule has 9 heavy (non-hydrogen) atoms. The van der Waals surface area contributed by atoms with Gasteiger partial charge in [-0.2, -0.15) is 0 Å². The van der Waals surface area contributed by atoms with E-state index in [1.807, 2.05) is 0 Å². The van der Waals surface area contributed by atoms with E-state index in [4.69, 9.17) is 0 Å². The molecule has 0 aromatic rings. The maximum Gasteiger partial charge on any atom is -0.0195 e. The SMILES string of the molecule is CN.CN.CN.F.F.F. The summed E-state index contributed by atoms with van der Waals surface area (Å²) in [5, 5.41) is 0. The Bertz CT molecular complexity index is 14.3. The maximum absolute atomic E-state index is 4.50. The summed E-state index contributed by atoms with van der Waals surface area (Å²) in [6, 6.07) is 0. The molecule has 0 fully saturated rings. The molecule has 0 atom stereocenters. The molecule has 0 aliphatic heterocycles. The first kappa shape index (κ1) is 71.5. The minimum Gasteiger partial charge on any atom is -0.333 e. The number of nitrogens with two attached hydrogens (primary N) is 3. The quantitative estimate of drug-likeness (QED) is 0.425. The van der Waals surface area contributed by atoms with E-state index in [1.54, 1.807) is 0 Å². The van der Waals surface area contributed by atoms with Crippen molar-refractivity contribution in [1.82, 2.24) is 0 Å². The van der Waals surface area contributed by atoms with Gasteiger partial charge in [0.25, 0.3) is 0 Å². The minimum absolute atomic E-state index is 0. The molecular weight excluding hydrogens is 135 g/mol. The van der Waals surface area contributed by atoms with Crippen LogP contribution in [0.2, 0.25) is 0 Å². The molecule has 0 aromatic carbocycles. The highest BCUT2D eigenvalue weighted by atomic mass is 19.0. The monoisotopic (exact) mass is 153 g/mol. The summed E-state index contributed by atoms with van der Waals surface area (Å²) >= 11 is 0. The summed E-state index contributed by atoms with van der Waals surface area (Å²) < 4.78 is 0. The molecule has 0 unspecified atom stereocenters. The van der Waals surface area contributed by atoms with Gasteiger partial charge >= 0.3 is 0 Å². The second-order valence-electron chi connectivity index (χ2n) is 0. The van der Waals surface area contributed by atoms with Gasteiger partial charge in [-0.15, -0.1) is 0 Å². The van der Waals surface area contributed by atoms with Crippen molar-refractivity contribution in [1.29, 1.82) is 0 Å². The fraction of sp³-hybridized carbons (Fsp3) is 1.00. The zero-order valence-corrected chi connectivity index (χ0v) is 5.96. The van der Waals surface area contributed by atoms with E-state index in [2.05, 4.69) is 17.2 Å². The van der Waals surface area contributed by atoms with E-state index in [9.17, 15) is 0 Å². The van der Waals surface area contributed by atoms with Crippen molar-refractivity contribution in [2.75, 3.05) is 21.1 Å². The number of hydrogen-bond acceptors (Lipinski definition) is 3. The van der Waals surface area contributed by atoms with E-state index < -0.39 is 0 Å². The third-order valence-corrected chi connectivity index (χ3v) is 0. The van der Waals surface area contributed by atoms with E-state index in [-0.39, 0.29) is 14.1 Å². The fourth-order valence-electron chi connectivity index (χ4n) is 0. The molecule has 0 radical (unpaired) electrons. The predicted octanol–water partition coefficient (Wildman–Crippen LogP) is -0.818. The van der Waals surface area contributed by atoms with E-state index >= 15 is 0 Å². The normalized spacial score (nSPS) is 2.00. The first-order valence-corrected chi connectivity index (χ1v) is 1.73. The molecule has 0 bridgehead atoms. The number of halogens is 3. The maximum atomic E-state index is 4.50. The molecule has 3 nitrogen and oxygen atoms in total. The van der Waals surface area contributed by atoms with Gasteiger partial charge in [0.1, 0.15) is 0 Å². The van der Waals surface area contributed by atoms with Crippen LogP contribution in [0.4, 0.5) is 14.1 Å². The molecule has 6 N–H and O–H groups in total. The molecule has 0 aliphatic rings. The van der Waals surface area contributed by atoms with Crippen LogP contribution in [0.1, 0.15) is 0 Å². The van der Waals surface area contributed by atoms with Crippen LogP contribution in [0.3, 0.4) is 0 Å². The minimum atomic E-state index is 0. The van der Waals surface area contributed by atoms with Crippen molar-refractivity contribution >= 4 is 0 Å². The van der Waals surface area contributed by atoms with E-state index in [1.165, 1.54) is 21.1 Å². The Balaban J connectivity index is -0.00000000321. The largest absolute Gasteiger partial charge is 0.333 e. The average molecular weight is 153 g/mol. The van der Waals surface area contributed by atoms with Gasteiger partial charge in [0.2, 0.25) is 0 Å². The lowest BCUT2D eigenvalue weighted by Crippen LogP contribution is -1.69. The fourth-order valence-corrected chi connectivity index (χ4v) is 0. The molecule has 0 aliphatic carbocycles. The first-order valence-electron chi connectivity index (χ1n) is 1.73. The third kappa shape index (κ3) is 2260. The van der Waals surface area contributed by atoms with Crippen LogP contribution in [-0.4, -0.2) is 21.1 Å². The number of rotatable bonds is 0. The smallest absolute Gasteiger partial charge is 0.0195 e. The Morgan fingerprint density at radius 3 is 0.444 bits per heavy atom. The summed E-state index contributed by atoms with van der Waals surface area (Å²) in [5.41, 5.74) is 13.5. The van der Waals surface area contributed by atoms with Crippen LogP contribution in [0, 0.1) is 0 Å². The third-order valence-electron chi connectivity index (χ3n) is 0. The molecule has 6 heteroatoms. The molecule has 0 spiro atoms. The Morgan fingerprint density at radius 1 is 0.444 bits per heavy atom. The lowest BCUT2D eigenvalue weighted by atomic mass is 11.6. The zero-order chi connectivity index (χ0) is 6.00. The molecule has 0 heterocycles. The van der Waals surface area contributed by atoms with Crippen LogP contribution in [0.5, 0.6) is 0 Å². The number of hydrogen-bond donors (Lipinski definition) is 3. The molecule has 0 saturated carbocycles. The Kier molecular flexibility index (Phi) is 24900. The van der Waals surface area contributed by atoms with Crippen molar-refractivity contribution < 1.29 is 14.1 Å². The van der Waals surface area contributed by atoms with Gasteiger partial charge < -0.3 is 17.2 Å². The standard InChI is InChI=1S/3CH5N.3FH/c3*1-2;;;/h3*2H2,1H3;3*1H. The van der Waals surface area contributed by atoms with Crippen molar-refractivity contribution in [2.24, 2.45) is 17.2 Å². The Morgan fingerprint density at radius 2 is 0.444 bits per heavy atom. The average Bonchev–Trinajstić information content (AvgIpc) is 1.81. The van der Waals surface area contributed by atoms with Crippen LogP contribution >= 0.6 is 0 Å². The van der Waals surface area contributed by atoms with Gasteiger partial charge in [-0.3, -0.25) is 14.1 Å². The summed E-state index contributed by atoms with van der Waals surface area (Å²) in [5.74, 6) is 0. The van der Waals surface area contributed by atoms with Crippen molar-refractivity contribution in [2.45, 2.75) is 0 Å². The lowest BCUT2D eigenvalue weighted by Gasteiger charge is -1.19. The van der Waals surface area contributed by atoms with Gasteiger partial charge in [-0.25, -0.2) is 0 Å². The molecule has 0 aromatic heterocycles. The van der Waals surface area contributed by atoms with Gasteiger partial charge in [-0.05, 0) is 21.1 Å². The van der Waals surface area contributed by atoms with E-state index in [0.29, 0.717) is 0 Å². The molecule has 0 amide bonds. The molecule has 66 valence electrons. The summed E-state index contributed by atoms with van der Waals surface area (Å²) in [6.07, 6.45) is 0. The summed E-state index contributed by atoms with van der Waals surface area (Å²) in [4.78, 5) is 0. The molecule has 0 saturated heterocycles. The van der Waals surface area contributed by atoms with Crippen LogP contribution in [0.25, 0.3) is 0 Å². The Labute approximate surface area is 53.7 Å². The zero-order valence-electron chi connectivity index (χ0n) is 5.96. The van der Waals surface area contributed by atoms with Gasteiger partial charge in [0, 0.05) is 0 Å². The summed E-state index contributed by atoms with van der Waals surface area (Å²) in [7, 11) is 4.50. The second kappa shape index (κ2) is 3130. The molecule has 0 rings (SSSR count). The van der Waals surface area contributed by atoms with Crippen molar-refractivity contribution in [3.63, 3.8) is 0 Å². The Hall–Kier alpha value is -0.330. The lowest BCUT2D eigenvalue weighted by molar-refractivity contribution is 1.11. The first-order chi connectivity index (χ1) is 3.00. The van der Waals surface area contributed by atoms with E-state index in [0.717, 1.165) is 0 Å². The highest BCUT2D eigenvalue weighted by Crippen LogP contribution is 0.473. The topological polar surface area (TPSA) is 78.1 Å². The summed E-state index contributed by atoms with van der Waals surface area (Å²) in [6.45, 7) is 0. The van der Waals surface area contributed by atoms with Crippen LogP contribution in [0.15, 0.2) is 0 Å².